The lowest BCUT2D eigenvalue weighted by atomic mass is 9.89. The second-order valence-corrected chi connectivity index (χ2v) is 6.05. The first-order chi connectivity index (χ1) is 9.13. The molecule has 2 aliphatic carbocycles. The Balaban J connectivity index is 1.69. The van der Waals surface area contributed by atoms with Crippen LogP contribution < -0.4 is 4.74 Å². The van der Waals surface area contributed by atoms with Crippen LogP contribution in [0.5, 0.6) is 5.75 Å². The molecule has 3 heteroatoms. The van der Waals surface area contributed by atoms with E-state index in [0.717, 1.165) is 17.4 Å². The molecule has 0 radical (unpaired) electrons. The Labute approximate surface area is 113 Å². The Kier molecular flexibility index (Phi) is 3.21. The van der Waals surface area contributed by atoms with Crippen LogP contribution in [0.1, 0.15) is 41.6 Å². The Morgan fingerprint density at radius 3 is 2.84 bits per heavy atom. The molecule has 2 bridgehead atoms. The maximum absolute atomic E-state index is 11.2. The Morgan fingerprint density at radius 1 is 1.37 bits per heavy atom. The van der Waals surface area contributed by atoms with Crippen LogP contribution in [0.25, 0.3) is 0 Å². The summed E-state index contributed by atoms with van der Waals surface area (Å²) in [6.45, 7) is 2.63. The molecule has 0 saturated heterocycles. The standard InChI is InChI=1S/C16H20O3/c1-10-2-5-14(16(17)18)15(6-10)19-9-13-8-11-3-4-12(13)7-11/h2,5-6,11-13H,3-4,7-9H2,1H3,(H,17,18). The molecule has 102 valence electrons. The number of benzene rings is 1. The van der Waals surface area contributed by atoms with Gasteiger partial charge in [-0.1, -0.05) is 12.5 Å². The summed E-state index contributed by atoms with van der Waals surface area (Å²) in [5.74, 6) is 1.94. The van der Waals surface area contributed by atoms with Crippen molar-refractivity contribution in [3.8, 4) is 5.75 Å². The Bertz CT molecular complexity index is 495. The highest BCUT2D eigenvalue weighted by Crippen LogP contribution is 2.48. The van der Waals surface area contributed by atoms with Crippen molar-refractivity contribution in [3.63, 3.8) is 0 Å². The summed E-state index contributed by atoms with van der Waals surface area (Å²) < 4.78 is 5.84. The average molecular weight is 260 g/mol. The van der Waals surface area contributed by atoms with Crippen LogP contribution in [-0.2, 0) is 0 Å². The zero-order valence-electron chi connectivity index (χ0n) is 11.3. The van der Waals surface area contributed by atoms with Gasteiger partial charge in [0.1, 0.15) is 11.3 Å². The quantitative estimate of drug-likeness (QED) is 0.901. The molecule has 3 rings (SSSR count). The van der Waals surface area contributed by atoms with Gasteiger partial charge in [0.2, 0.25) is 0 Å². The van der Waals surface area contributed by atoms with Crippen molar-refractivity contribution in [3.05, 3.63) is 29.3 Å². The fourth-order valence-corrected chi connectivity index (χ4v) is 3.70. The second-order valence-electron chi connectivity index (χ2n) is 6.05. The number of ether oxygens (including phenoxy) is 1. The van der Waals surface area contributed by atoms with Crippen LogP contribution in [0.4, 0.5) is 0 Å². The average Bonchev–Trinajstić information content (AvgIpc) is 2.98. The molecule has 2 saturated carbocycles. The SMILES string of the molecule is Cc1ccc(C(=O)O)c(OCC2CC3CCC2C3)c1. The normalized spacial score (nSPS) is 28.6. The van der Waals surface area contributed by atoms with E-state index in [1.165, 1.54) is 25.7 Å². The fourth-order valence-electron chi connectivity index (χ4n) is 3.70. The predicted molar refractivity (Wildman–Crippen MR) is 72.6 cm³/mol. The smallest absolute Gasteiger partial charge is 0.339 e. The number of carbonyl (C=O) groups is 1. The van der Waals surface area contributed by atoms with E-state index in [4.69, 9.17) is 4.74 Å². The van der Waals surface area contributed by atoms with Gasteiger partial charge in [0.25, 0.3) is 0 Å². The van der Waals surface area contributed by atoms with E-state index in [1.807, 2.05) is 19.1 Å². The van der Waals surface area contributed by atoms with Crippen molar-refractivity contribution in [2.45, 2.75) is 32.6 Å². The van der Waals surface area contributed by atoms with Crippen LogP contribution in [0.2, 0.25) is 0 Å². The predicted octanol–water partition coefficient (Wildman–Crippen LogP) is 3.51. The first-order valence-electron chi connectivity index (χ1n) is 7.10. The van der Waals surface area contributed by atoms with Crippen molar-refractivity contribution in [1.82, 2.24) is 0 Å². The molecule has 0 heterocycles. The second kappa shape index (κ2) is 4.87. The van der Waals surface area contributed by atoms with Gasteiger partial charge in [-0.2, -0.15) is 0 Å². The van der Waals surface area contributed by atoms with Crippen LogP contribution >= 0.6 is 0 Å². The summed E-state index contributed by atoms with van der Waals surface area (Å²) in [7, 11) is 0. The highest BCUT2D eigenvalue weighted by atomic mass is 16.5. The van der Waals surface area contributed by atoms with E-state index in [2.05, 4.69) is 0 Å². The van der Waals surface area contributed by atoms with Crippen molar-refractivity contribution < 1.29 is 14.6 Å². The number of carboxylic acid groups (broad SMARTS) is 1. The minimum atomic E-state index is -0.914. The molecule has 0 amide bonds. The summed E-state index contributed by atoms with van der Waals surface area (Å²) in [5, 5.41) is 9.17. The molecule has 0 aliphatic heterocycles. The molecular weight excluding hydrogens is 240 g/mol. The summed E-state index contributed by atoms with van der Waals surface area (Å²) in [6.07, 6.45) is 5.33. The van der Waals surface area contributed by atoms with Crippen LogP contribution in [0.3, 0.4) is 0 Å². The molecule has 19 heavy (non-hydrogen) atoms. The largest absolute Gasteiger partial charge is 0.492 e. The van der Waals surface area contributed by atoms with Crippen LogP contribution in [0.15, 0.2) is 18.2 Å². The van der Waals surface area contributed by atoms with E-state index in [0.29, 0.717) is 18.3 Å². The van der Waals surface area contributed by atoms with Gasteiger partial charge >= 0.3 is 5.97 Å². The number of aryl methyl sites for hydroxylation is 1. The lowest BCUT2D eigenvalue weighted by Gasteiger charge is -2.22. The highest BCUT2D eigenvalue weighted by molar-refractivity contribution is 5.90. The van der Waals surface area contributed by atoms with Gasteiger partial charge in [0.15, 0.2) is 0 Å². The van der Waals surface area contributed by atoms with Crippen molar-refractivity contribution in [2.24, 2.45) is 17.8 Å². The molecule has 0 spiro atoms. The molecule has 3 atom stereocenters. The number of hydrogen-bond donors (Lipinski definition) is 1. The van der Waals surface area contributed by atoms with Gasteiger partial charge in [0.05, 0.1) is 6.61 Å². The summed E-state index contributed by atoms with van der Waals surface area (Å²) in [5.41, 5.74) is 1.31. The van der Waals surface area contributed by atoms with Crippen molar-refractivity contribution in [1.29, 1.82) is 0 Å². The first-order valence-corrected chi connectivity index (χ1v) is 7.10. The third-order valence-electron chi connectivity index (χ3n) is 4.70. The minimum absolute atomic E-state index is 0.272. The van der Waals surface area contributed by atoms with E-state index >= 15 is 0 Å². The molecule has 2 aliphatic rings. The molecule has 1 aromatic rings. The third-order valence-corrected chi connectivity index (χ3v) is 4.70. The zero-order chi connectivity index (χ0) is 13.4. The van der Waals surface area contributed by atoms with Crippen molar-refractivity contribution >= 4 is 5.97 Å². The van der Waals surface area contributed by atoms with Gasteiger partial charge in [-0.3, -0.25) is 0 Å². The maximum Gasteiger partial charge on any atom is 0.339 e. The van der Waals surface area contributed by atoms with Crippen molar-refractivity contribution in [2.75, 3.05) is 6.61 Å². The molecule has 3 unspecified atom stereocenters. The van der Waals surface area contributed by atoms with Gasteiger partial charge in [-0.15, -0.1) is 0 Å². The number of aromatic carboxylic acids is 1. The maximum atomic E-state index is 11.2. The zero-order valence-corrected chi connectivity index (χ0v) is 11.3. The number of rotatable bonds is 4. The lowest BCUT2D eigenvalue weighted by molar-refractivity contribution is 0.0690. The molecule has 2 fully saturated rings. The summed E-state index contributed by atoms with van der Waals surface area (Å²) >= 11 is 0. The number of fused-ring (bicyclic) bond motifs is 2. The topological polar surface area (TPSA) is 46.5 Å². The van der Waals surface area contributed by atoms with Crippen LogP contribution in [-0.4, -0.2) is 17.7 Å². The Morgan fingerprint density at radius 2 is 2.21 bits per heavy atom. The van der Waals surface area contributed by atoms with E-state index in [1.54, 1.807) is 6.07 Å². The lowest BCUT2D eigenvalue weighted by Crippen LogP contribution is -2.19. The highest BCUT2D eigenvalue weighted by Gasteiger charge is 2.39. The fraction of sp³-hybridized carbons (Fsp3) is 0.562. The molecule has 1 N–H and O–H groups in total. The van der Waals surface area contributed by atoms with Gasteiger partial charge in [-0.25, -0.2) is 4.79 Å². The van der Waals surface area contributed by atoms with E-state index in [-0.39, 0.29) is 5.56 Å². The van der Waals surface area contributed by atoms with Gasteiger partial charge in [-0.05, 0) is 61.6 Å². The van der Waals surface area contributed by atoms with E-state index < -0.39 is 5.97 Å². The molecule has 3 nitrogen and oxygen atoms in total. The number of carboxylic acids is 1. The third kappa shape index (κ3) is 2.46. The van der Waals surface area contributed by atoms with E-state index in [9.17, 15) is 9.90 Å². The van der Waals surface area contributed by atoms with Gasteiger partial charge in [0, 0.05) is 0 Å². The molecule has 1 aromatic carbocycles. The van der Waals surface area contributed by atoms with Crippen LogP contribution in [0, 0.1) is 24.7 Å². The summed E-state index contributed by atoms with van der Waals surface area (Å²) in [4.78, 5) is 11.2. The molecular formula is C16H20O3. The van der Waals surface area contributed by atoms with Gasteiger partial charge < -0.3 is 9.84 Å². The molecule has 0 aromatic heterocycles. The Hall–Kier alpha value is -1.51. The first kappa shape index (κ1) is 12.5. The minimum Gasteiger partial charge on any atom is -0.492 e. The summed E-state index contributed by atoms with van der Waals surface area (Å²) in [6, 6.07) is 5.28. The monoisotopic (exact) mass is 260 g/mol. The number of hydrogen-bond acceptors (Lipinski definition) is 2.